The Hall–Kier alpha value is -2.53. The molecule has 0 spiro atoms. The van der Waals surface area contributed by atoms with Crippen LogP contribution in [-0.4, -0.2) is 9.97 Å². The van der Waals surface area contributed by atoms with Crippen molar-refractivity contribution in [2.45, 2.75) is 6.92 Å². The van der Waals surface area contributed by atoms with Crippen LogP contribution in [-0.2, 0) is 0 Å². The molecule has 0 fully saturated rings. The highest BCUT2D eigenvalue weighted by molar-refractivity contribution is 7.71. The van der Waals surface area contributed by atoms with E-state index >= 15 is 0 Å². The summed E-state index contributed by atoms with van der Waals surface area (Å²) < 4.78 is 0.624. The van der Waals surface area contributed by atoms with Gasteiger partial charge in [-0.15, -0.1) is 0 Å². The molecule has 0 aliphatic carbocycles. The second-order valence-corrected chi connectivity index (χ2v) is 5.29. The first-order chi connectivity index (χ1) is 10.1. The topological polar surface area (TPSA) is 55.6 Å². The van der Waals surface area contributed by atoms with Crippen LogP contribution in [0.3, 0.4) is 0 Å². The maximum atomic E-state index is 5.08. The van der Waals surface area contributed by atoms with E-state index in [-0.39, 0.29) is 0 Å². The monoisotopic (exact) mass is 296 g/mol. The summed E-state index contributed by atoms with van der Waals surface area (Å²) in [6.07, 6.45) is 0. The number of nitrogens with one attached hydrogen (secondary N) is 4. The summed E-state index contributed by atoms with van der Waals surface area (Å²) in [6, 6.07) is 14.0. The standard InChI is InChI=1S/C16H16N4S/c1-10-5-3-4-6-13(10)18-11(2)17-12-7-8-14-15(9-12)20-16(21)19-14/h3-9,17-18H,2H2,1H3,(H2,19,20,21). The van der Waals surface area contributed by atoms with Crippen molar-refractivity contribution in [2.75, 3.05) is 10.6 Å². The molecule has 3 aromatic rings. The number of rotatable bonds is 4. The molecular weight excluding hydrogens is 280 g/mol. The van der Waals surface area contributed by atoms with Crippen LogP contribution in [0, 0.1) is 11.7 Å². The van der Waals surface area contributed by atoms with E-state index in [1.54, 1.807) is 0 Å². The Morgan fingerprint density at radius 3 is 2.62 bits per heavy atom. The lowest BCUT2D eigenvalue weighted by Crippen LogP contribution is -2.08. The number of H-pyrrole nitrogens is 2. The van der Waals surface area contributed by atoms with Crippen molar-refractivity contribution >= 4 is 34.6 Å². The van der Waals surface area contributed by atoms with E-state index in [2.05, 4.69) is 40.2 Å². The van der Waals surface area contributed by atoms with Crippen LogP contribution in [0.1, 0.15) is 5.56 Å². The van der Waals surface area contributed by atoms with Gasteiger partial charge < -0.3 is 20.6 Å². The molecule has 0 unspecified atom stereocenters. The molecule has 1 heterocycles. The first-order valence-electron chi connectivity index (χ1n) is 6.62. The Labute approximate surface area is 127 Å². The molecule has 3 rings (SSSR count). The molecule has 21 heavy (non-hydrogen) atoms. The number of hydrogen-bond donors (Lipinski definition) is 4. The van der Waals surface area contributed by atoms with Gasteiger partial charge in [0.15, 0.2) is 4.77 Å². The van der Waals surface area contributed by atoms with Gasteiger partial charge in [-0.1, -0.05) is 24.8 Å². The Morgan fingerprint density at radius 1 is 1.05 bits per heavy atom. The number of aromatic nitrogens is 2. The summed E-state index contributed by atoms with van der Waals surface area (Å²) in [5, 5.41) is 6.51. The van der Waals surface area contributed by atoms with Crippen molar-refractivity contribution in [3.05, 3.63) is 65.2 Å². The Morgan fingerprint density at radius 2 is 1.81 bits per heavy atom. The molecular formula is C16H16N4S. The van der Waals surface area contributed by atoms with Gasteiger partial charge in [-0.25, -0.2) is 0 Å². The Kier molecular flexibility index (Phi) is 3.50. The quantitative estimate of drug-likeness (QED) is 0.535. The van der Waals surface area contributed by atoms with Crippen molar-refractivity contribution in [3.63, 3.8) is 0 Å². The van der Waals surface area contributed by atoms with E-state index < -0.39 is 0 Å². The van der Waals surface area contributed by atoms with Crippen LogP contribution in [0.25, 0.3) is 11.0 Å². The molecule has 106 valence electrons. The number of fused-ring (bicyclic) bond motifs is 1. The minimum absolute atomic E-state index is 0.624. The van der Waals surface area contributed by atoms with Gasteiger partial charge in [-0.3, -0.25) is 0 Å². The molecule has 0 saturated heterocycles. The second kappa shape index (κ2) is 5.46. The predicted octanol–water partition coefficient (Wildman–Crippen LogP) is 4.53. The van der Waals surface area contributed by atoms with Gasteiger partial charge in [0, 0.05) is 11.4 Å². The fraction of sp³-hybridized carbons (Fsp3) is 0.0625. The van der Waals surface area contributed by atoms with Gasteiger partial charge in [0.25, 0.3) is 0 Å². The van der Waals surface area contributed by atoms with Crippen LogP contribution < -0.4 is 10.6 Å². The molecule has 4 nitrogen and oxygen atoms in total. The molecule has 0 aliphatic rings. The lowest BCUT2D eigenvalue weighted by atomic mass is 10.2. The van der Waals surface area contributed by atoms with Gasteiger partial charge in [0.1, 0.15) is 5.82 Å². The molecule has 0 amide bonds. The number of benzene rings is 2. The van der Waals surface area contributed by atoms with Gasteiger partial charge in [-0.2, -0.15) is 0 Å². The number of aryl methyl sites for hydroxylation is 1. The molecule has 1 aromatic heterocycles. The van der Waals surface area contributed by atoms with Gasteiger partial charge in [-0.05, 0) is 49.0 Å². The zero-order valence-corrected chi connectivity index (χ0v) is 12.5. The highest BCUT2D eigenvalue weighted by Crippen LogP contribution is 2.19. The summed E-state index contributed by atoms with van der Waals surface area (Å²) in [5.41, 5.74) is 5.11. The maximum absolute atomic E-state index is 5.08. The third-order valence-corrected chi connectivity index (χ3v) is 3.45. The molecule has 5 heteroatoms. The molecule has 0 atom stereocenters. The lowest BCUT2D eigenvalue weighted by Gasteiger charge is -2.14. The van der Waals surface area contributed by atoms with E-state index in [0.717, 1.165) is 28.2 Å². The minimum Gasteiger partial charge on any atom is -0.342 e. The van der Waals surface area contributed by atoms with Crippen LogP contribution in [0.15, 0.2) is 54.9 Å². The van der Waals surface area contributed by atoms with Crippen molar-refractivity contribution in [1.82, 2.24) is 9.97 Å². The fourth-order valence-corrected chi connectivity index (χ4v) is 2.41. The summed E-state index contributed by atoms with van der Waals surface area (Å²) in [5.74, 6) is 0.720. The summed E-state index contributed by atoms with van der Waals surface area (Å²) in [7, 11) is 0. The average molecular weight is 296 g/mol. The highest BCUT2D eigenvalue weighted by atomic mass is 32.1. The van der Waals surface area contributed by atoms with Gasteiger partial charge in [0.05, 0.1) is 11.0 Å². The van der Waals surface area contributed by atoms with Crippen LogP contribution in [0.4, 0.5) is 11.4 Å². The van der Waals surface area contributed by atoms with Gasteiger partial charge >= 0.3 is 0 Å². The van der Waals surface area contributed by atoms with Crippen LogP contribution in [0.5, 0.6) is 0 Å². The summed E-state index contributed by atoms with van der Waals surface area (Å²) >= 11 is 5.08. The van der Waals surface area contributed by atoms with Crippen molar-refractivity contribution < 1.29 is 0 Å². The maximum Gasteiger partial charge on any atom is 0.175 e. The average Bonchev–Trinajstić information content (AvgIpc) is 2.80. The minimum atomic E-state index is 0.624. The lowest BCUT2D eigenvalue weighted by molar-refractivity contribution is 1.30. The zero-order valence-electron chi connectivity index (χ0n) is 11.7. The van der Waals surface area contributed by atoms with Gasteiger partial charge in [0.2, 0.25) is 0 Å². The molecule has 0 bridgehead atoms. The van der Waals surface area contributed by atoms with E-state index in [0.29, 0.717) is 4.77 Å². The smallest absolute Gasteiger partial charge is 0.175 e. The fourth-order valence-electron chi connectivity index (χ4n) is 2.19. The van der Waals surface area contributed by atoms with E-state index in [1.165, 1.54) is 5.56 Å². The van der Waals surface area contributed by atoms with E-state index in [9.17, 15) is 0 Å². The molecule has 0 saturated carbocycles. The van der Waals surface area contributed by atoms with Crippen molar-refractivity contribution in [2.24, 2.45) is 0 Å². The normalized spacial score (nSPS) is 10.5. The first kappa shape index (κ1) is 13.5. The third-order valence-electron chi connectivity index (χ3n) is 3.24. The molecule has 2 aromatic carbocycles. The first-order valence-corrected chi connectivity index (χ1v) is 7.03. The van der Waals surface area contributed by atoms with Crippen LogP contribution >= 0.6 is 12.2 Å². The largest absolute Gasteiger partial charge is 0.342 e. The summed E-state index contributed by atoms with van der Waals surface area (Å²) in [6.45, 7) is 6.07. The zero-order chi connectivity index (χ0) is 14.8. The number of hydrogen-bond acceptors (Lipinski definition) is 3. The second-order valence-electron chi connectivity index (χ2n) is 4.88. The van der Waals surface area contributed by atoms with E-state index in [4.69, 9.17) is 12.2 Å². The molecule has 4 N–H and O–H groups in total. The van der Waals surface area contributed by atoms with Crippen molar-refractivity contribution in [1.29, 1.82) is 0 Å². The predicted molar refractivity (Wildman–Crippen MR) is 91.0 cm³/mol. The SMILES string of the molecule is C=C(Nc1ccc2[nH]c(=S)[nH]c2c1)Nc1ccccc1C. The third kappa shape index (κ3) is 2.98. The Bertz CT molecular complexity index is 860. The Balaban J connectivity index is 1.77. The number of para-hydroxylation sites is 1. The summed E-state index contributed by atoms with van der Waals surface area (Å²) in [4.78, 5) is 6.18. The molecule has 0 radical (unpaired) electrons. The highest BCUT2D eigenvalue weighted by Gasteiger charge is 2.02. The van der Waals surface area contributed by atoms with Crippen molar-refractivity contribution in [3.8, 4) is 0 Å². The number of imidazole rings is 1. The van der Waals surface area contributed by atoms with Crippen LogP contribution in [0.2, 0.25) is 0 Å². The molecule has 0 aliphatic heterocycles. The number of anilines is 2. The van der Waals surface area contributed by atoms with E-state index in [1.807, 2.05) is 36.4 Å². The number of aromatic amines is 2.